The van der Waals surface area contributed by atoms with Crippen LogP contribution in [0.3, 0.4) is 0 Å². The van der Waals surface area contributed by atoms with E-state index in [1.165, 1.54) is 4.31 Å². The Balaban J connectivity index is 2.64. The number of sulfonamides is 1. The van der Waals surface area contributed by atoms with Crippen LogP contribution in [0.4, 0.5) is 0 Å². The zero-order chi connectivity index (χ0) is 11.6. The van der Waals surface area contributed by atoms with Crippen LogP contribution in [0.5, 0.6) is 0 Å². The lowest BCUT2D eigenvalue weighted by Gasteiger charge is -2.17. The van der Waals surface area contributed by atoms with Gasteiger partial charge in [0, 0.05) is 13.1 Å². The normalized spacial score (nSPS) is 25.3. The summed E-state index contributed by atoms with van der Waals surface area (Å²) in [5, 5.41) is 9.35. The van der Waals surface area contributed by atoms with Crippen molar-refractivity contribution in [1.29, 1.82) is 0 Å². The molecule has 0 bridgehead atoms. The molecular weight excluding hydrogens is 236 g/mol. The van der Waals surface area contributed by atoms with Gasteiger partial charge in [-0.2, -0.15) is 0 Å². The second kappa shape index (κ2) is 4.73. The first-order valence-electron chi connectivity index (χ1n) is 4.77. The summed E-state index contributed by atoms with van der Waals surface area (Å²) in [6, 6.07) is 0. The van der Waals surface area contributed by atoms with Crippen molar-refractivity contribution >= 4 is 27.2 Å². The van der Waals surface area contributed by atoms with E-state index in [0.29, 0.717) is 19.5 Å². The summed E-state index contributed by atoms with van der Waals surface area (Å²) in [6.45, 7) is 2.48. The number of rotatable bonds is 4. The molecule has 15 heavy (non-hydrogen) atoms. The van der Waals surface area contributed by atoms with Crippen LogP contribution in [0.25, 0.3) is 0 Å². The van der Waals surface area contributed by atoms with Crippen LogP contribution in [0.15, 0.2) is 0 Å². The lowest BCUT2D eigenvalue weighted by molar-refractivity contribution is 0.133. The van der Waals surface area contributed by atoms with Crippen molar-refractivity contribution in [2.75, 3.05) is 18.8 Å². The highest BCUT2D eigenvalue weighted by molar-refractivity contribution is 7.92. The first-order valence-corrected chi connectivity index (χ1v) is 6.79. The maximum atomic E-state index is 11.7. The number of aliphatic hydroxyl groups is 1. The van der Waals surface area contributed by atoms with Gasteiger partial charge in [-0.3, -0.25) is 0 Å². The molecule has 1 heterocycles. The molecular formula is C8H16N2O3S2. The summed E-state index contributed by atoms with van der Waals surface area (Å²) >= 11 is 4.58. The second-order valence-corrected chi connectivity index (χ2v) is 6.36. The van der Waals surface area contributed by atoms with Gasteiger partial charge in [-0.1, -0.05) is 12.2 Å². The largest absolute Gasteiger partial charge is 0.393 e. The Morgan fingerprint density at radius 1 is 1.73 bits per heavy atom. The summed E-state index contributed by atoms with van der Waals surface area (Å²) in [5.41, 5.74) is 5.22. The summed E-state index contributed by atoms with van der Waals surface area (Å²) in [4.78, 5) is -0.0181. The van der Waals surface area contributed by atoms with Gasteiger partial charge in [-0.25, -0.2) is 12.7 Å². The van der Waals surface area contributed by atoms with Gasteiger partial charge in [0.05, 0.1) is 11.1 Å². The lowest BCUT2D eigenvalue weighted by Crippen LogP contribution is -2.36. The van der Waals surface area contributed by atoms with E-state index in [0.717, 1.165) is 0 Å². The standard InChI is InChI=1S/C8H16N2O3S2/c1-6(11)7-2-3-10(4-7)15(12,13)5-8(9)14/h6-7,11H,2-5H2,1H3,(H2,9,14). The Morgan fingerprint density at radius 2 is 2.33 bits per heavy atom. The van der Waals surface area contributed by atoms with E-state index in [2.05, 4.69) is 12.2 Å². The summed E-state index contributed by atoms with van der Waals surface area (Å²) in [6.07, 6.45) is 0.212. The van der Waals surface area contributed by atoms with Gasteiger partial charge >= 0.3 is 0 Å². The summed E-state index contributed by atoms with van der Waals surface area (Å²) in [7, 11) is -3.37. The van der Waals surface area contributed by atoms with Crippen molar-refractivity contribution in [3.8, 4) is 0 Å². The molecule has 1 aliphatic rings. The SMILES string of the molecule is CC(O)C1CCN(S(=O)(=O)CC(N)=S)C1. The van der Waals surface area contributed by atoms with E-state index < -0.39 is 16.1 Å². The molecule has 1 fully saturated rings. The molecule has 7 heteroatoms. The second-order valence-electron chi connectivity index (χ2n) is 3.87. The molecule has 0 aromatic heterocycles. The number of aliphatic hydroxyl groups excluding tert-OH is 1. The average molecular weight is 252 g/mol. The first kappa shape index (κ1) is 12.8. The number of thiocarbonyl (C=S) groups is 1. The lowest BCUT2D eigenvalue weighted by atomic mass is 10.0. The van der Waals surface area contributed by atoms with Crippen LogP contribution in [-0.2, 0) is 10.0 Å². The van der Waals surface area contributed by atoms with E-state index in [1.807, 2.05) is 0 Å². The number of hydrogen-bond acceptors (Lipinski definition) is 4. The van der Waals surface area contributed by atoms with Crippen LogP contribution < -0.4 is 5.73 Å². The fraction of sp³-hybridized carbons (Fsp3) is 0.875. The quantitative estimate of drug-likeness (QED) is 0.647. The molecule has 0 aromatic rings. The number of hydrogen-bond donors (Lipinski definition) is 2. The molecule has 2 atom stereocenters. The molecule has 2 unspecified atom stereocenters. The van der Waals surface area contributed by atoms with Crippen molar-refractivity contribution in [2.24, 2.45) is 11.7 Å². The molecule has 1 rings (SSSR count). The third-order valence-electron chi connectivity index (χ3n) is 2.59. The average Bonchev–Trinajstić information content (AvgIpc) is 2.48. The van der Waals surface area contributed by atoms with Gasteiger partial charge in [0.2, 0.25) is 10.0 Å². The van der Waals surface area contributed by atoms with E-state index >= 15 is 0 Å². The Morgan fingerprint density at radius 3 is 2.73 bits per heavy atom. The monoisotopic (exact) mass is 252 g/mol. The highest BCUT2D eigenvalue weighted by Gasteiger charge is 2.33. The Bertz CT molecular complexity index is 340. The van der Waals surface area contributed by atoms with Gasteiger partial charge in [0.25, 0.3) is 0 Å². The van der Waals surface area contributed by atoms with Crippen LogP contribution in [0.2, 0.25) is 0 Å². The van der Waals surface area contributed by atoms with E-state index in [9.17, 15) is 13.5 Å². The van der Waals surface area contributed by atoms with Crippen LogP contribution in [-0.4, -0.2) is 47.8 Å². The van der Waals surface area contributed by atoms with Crippen molar-refractivity contribution in [3.63, 3.8) is 0 Å². The molecule has 0 aliphatic carbocycles. The predicted octanol–water partition coefficient (Wildman–Crippen LogP) is -0.695. The number of nitrogens with two attached hydrogens (primary N) is 1. The fourth-order valence-electron chi connectivity index (χ4n) is 1.67. The molecule has 1 saturated heterocycles. The molecule has 0 amide bonds. The fourth-order valence-corrected chi connectivity index (χ4v) is 3.46. The Kier molecular flexibility index (Phi) is 4.05. The third kappa shape index (κ3) is 3.37. The number of nitrogens with zero attached hydrogens (tertiary/aromatic N) is 1. The zero-order valence-corrected chi connectivity index (χ0v) is 10.2. The van der Waals surface area contributed by atoms with Gasteiger partial charge in [0.15, 0.2) is 0 Å². The van der Waals surface area contributed by atoms with E-state index in [1.54, 1.807) is 6.92 Å². The van der Waals surface area contributed by atoms with Crippen molar-refractivity contribution < 1.29 is 13.5 Å². The van der Waals surface area contributed by atoms with Crippen LogP contribution in [0, 0.1) is 5.92 Å². The van der Waals surface area contributed by atoms with Crippen molar-refractivity contribution in [1.82, 2.24) is 4.31 Å². The molecule has 0 aromatic carbocycles. The highest BCUT2D eigenvalue weighted by Crippen LogP contribution is 2.22. The minimum atomic E-state index is -3.37. The molecule has 0 spiro atoms. The van der Waals surface area contributed by atoms with E-state index in [-0.39, 0.29) is 16.7 Å². The van der Waals surface area contributed by atoms with Crippen LogP contribution >= 0.6 is 12.2 Å². The summed E-state index contributed by atoms with van der Waals surface area (Å²) < 4.78 is 24.7. The topological polar surface area (TPSA) is 83.6 Å². The zero-order valence-electron chi connectivity index (χ0n) is 8.59. The smallest absolute Gasteiger partial charge is 0.220 e. The predicted molar refractivity (Wildman–Crippen MR) is 61.9 cm³/mol. The Labute approximate surface area is 95.3 Å². The molecule has 5 nitrogen and oxygen atoms in total. The highest BCUT2D eigenvalue weighted by atomic mass is 32.2. The van der Waals surface area contributed by atoms with E-state index in [4.69, 9.17) is 5.73 Å². The molecule has 1 aliphatic heterocycles. The third-order valence-corrected chi connectivity index (χ3v) is 4.71. The van der Waals surface area contributed by atoms with Gasteiger partial charge in [0.1, 0.15) is 5.75 Å². The Hall–Kier alpha value is -0.240. The van der Waals surface area contributed by atoms with Gasteiger partial charge < -0.3 is 10.8 Å². The summed E-state index contributed by atoms with van der Waals surface area (Å²) in [5.74, 6) is -0.263. The maximum Gasteiger partial charge on any atom is 0.220 e. The minimum absolute atomic E-state index is 0.0181. The van der Waals surface area contributed by atoms with Crippen LogP contribution in [0.1, 0.15) is 13.3 Å². The molecule has 0 radical (unpaired) electrons. The molecule has 88 valence electrons. The molecule has 0 saturated carbocycles. The van der Waals surface area contributed by atoms with Gasteiger partial charge in [-0.05, 0) is 19.3 Å². The molecule has 3 N–H and O–H groups in total. The van der Waals surface area contributed by atoms with Gasteiger partial charge in [-0.15, -0.1) is 0 Å². The van der Waals surface area contributed by atoms with Crippen molar-refractivity contribution in [3.05, 3.63) is 0 Å². The van der Waals surface area contributed by atoms with Crippen molar-refractivity contribution in [2.45, 2.75) is 19.4 Å². The minimum Gasteiger partial charge on any atom is -0.393 e. The first-order chi connectivity index (χ1) is 6.83. The maximum absolute atomic E-state index is 11.7.